The maximum atomic E-state index is 14.3. The zero-order valence-corrected chi connectivity index (χ0v) is 88.0. The van der Waals surface area contributed by atoms with Crippen LogP contribution in [0.2, 0.25) is 0 Å². The molecule has 0 spiro atoms. The third-order valence-corrected chi connectivity index (χ3v) is 24.8. The number of hydrogen-bond donors (Lipinski definition) is 0. The first kappa shape index (κ1) is 104. The molecule has 0 fully saturated rings. The van der Waals surface area contributed by atoms with Crippen LogP contribution >= 0.6 is 0 Å². The van der Waals surface area contributed by atoms with Crippen molar-refractivity contribution in [2.75, 3.05) is 14.7 Å². The van der Waals surface area contributed by atoms with E-state index in [0.717, 1.165) is 147 Å². The summed E-state index contributed by atoms with van der Waals surface area (Å²) in [6, 6.07) is 158. The van der Waals surface area contributed by atoms with Gasteiger partial charge in [0.15, 0.2) is 0 Å². The number of halogens is 5. The molecule has 0 saturated carbocycles. The van der Waals surface area contributed by atoms with Gasteiger partial charge in [0.25, 0.3) is 0 Å². The SMILES string of the molecule is CC(C)(C)c1ccnc(-c2[c-]c(N(c3[c-]c(-c4cc(C(C)(C)C)ccn4)ccc3)c3c(-c4ccccc4)cccc3-c3ccccc3)ccc2)c1.Cc1ccnc(-c2[c-]c(N(c3[c-]c(-c4cc(C(F)(F)F)ccn4)ccc3)c3c(-c4ccccc4)cccc3-c3ccccc3)ccc2)c1.Fc1ccnc(-c2[c-]c(N(c3[c-]c(-c4cc(F)ccn4)ccc3)c3c(-c4ccccc4)cccc3-c3ccccc3)ccc2)c1.[Pt+2].[Pt+2].[Pt+2]. The van der Waals surface area contributed by atoms with Crippen LogP contribution in [0.4, 0.5) is 73.1 Å². The fourth-order valence-electron chi connectivity index (χ4n) is 17.6. The van der Waals surface area contributed by atoms with E-state index in [0.29, 0.717) is 50.8 Å². The van der Waals surface area contributed by atoms with Crippen molar-refractivity contribution in [1.82, 2.24) is 29.9 Å². The Labute approximate surface area is 899 Å². The summed E-state index contributed by atoms with van der Waals surface area (Å²) in [5, 5.41) is 0. The Morgan fingerprint density at radius 3 is 0.626 bits per heavy atom. The van der Waals surface area contributed by atoms with Gasteiger partial charge in [-0.15, -0.1) is 179 Å². The molecule has 0 bridgehead atoms. The number of rotatable bonds is 21. The first-order valence-corrected chi connectivity index (χ1v) is 47.5. The summed E-state index contributed by atoms with van der Waals surface area (Å²) in [5.74, 6) is -0.750. The number of anilines is 9. The standard InChI is InChI=1S/C48H43N3.C42H28F3N3.C40H25F2N3.3Pt/c1-47(2,3)38-26-28-49-44(32-38)36-20-13-22-40(30-36)51(41-23-14-21-37(31-41)45-33-39(27-29-50-45)48(4,5)6)46-42(34-16-9-7-10-17-34)24-15-25-43(46)35-18-11-8-12-19-35;1-29-21-23-46-39(25-29)32-15-8-17-35(26-32)48(36-18-9-16-33(27-36)40-28-34(22-24-47-40)42(43,44)45)41-37(30-11-4-2-5-12-30)19-10-20-38(41)31-13-6-3-7-14-31;41-32-20-22-43-38(26-32)30-14-7-16-34(24-30)45(35-17-8-15-31(25-35)39-27-33(42)21-23-44-39)40-36(28-10-3-1-4-11-28)18-9-19-37(40)29-12-5-2-6-13-29;;;/h7-29,32-33H,1-6H3;2-25,28H,1H3;1-23,26-27H;;;/q3*-2;3*+2. The van der Waals surface area contributed by atoms with Gasteiger partial charge in [0.1, 0.15) is 11.6 Å². The van der Waals surface area contributed by atoms with Crippen molar-refractivity contribution in [2.45, 2.75) is 65.5 Å². The molecular formula is C130H96F5N9Pt3. The van der Waals surface area contributed by atoms with Crippen molar-refractivity contribution in [3.05, 3.63) is 526 Å². The second-order valence-electron chi connectivity index (χ2n) is 36.7. The molecular weight excluding hydrogens is 2370 g/mol. The van der Waals surface area contributed by atoms with Crippen LogP contribution in [0.15, 0.2) is 456 Å². The molecule has 6 aromatic heterocycles. The van der Waals surface area contributed by atoms with Crippen LogP contribution in [0.3, 0.4) is 0 Å². The van der Waals surface area contributed by atoms with E-state index in [-0.39, 0.29) is 91.4 Å². The second kappa shape index (κ2) is 47.0. The van der Waals surface area contributed by atoms with Gasteiger partial charge >= 0.3 is 69.4 Å². The van der Waals surface area contributed by atoms with E-state index in [9.17, 15) is 22.0 Å². The fraction of sp³-hybridized carbons (Fsp3) is 0.0769. The van der Waals surface area contributed by atoms with E-state index >= 15 is 0 Å². The zero-order valence-electron chi connectivity index (χ0n) is 81.2. The van der Waals surface area contributed by atoms with Gasteiger partial charge in [-0.25, -0.2) is 8.78 Å². The van der Waals surface area contributed by atoms with Crippen LogP contribution in [-0.2, 0) is 80.2 Å². The number of pyridine rings is 6. The van der Waals surface area contributed by atoms with Crippen LogP contribution < -0.4 is 14.7 Å². The molecule has 0 radical (unpaired) electrons. The van der Waals surface area contributed by atoms with Crippen LogP contribution in [0.25, 0.3) is 134 Å². The first-order chi connectivity index (χ1) is 70.0. The zero-order chi connectivity index (χ0) is 99.3. The van der Waals surface area contributed by atoms with E-state index in [1.54, 1.807) is 12.3 Å². The number of aryl methyl sites for hydroxylation is 1. The first-order valence-electron chi connectivity index (χ1n) is 47.5. The third kappa shape index (κ3) is 24.4. The van der Waals surface area contributed by atoms with Crippen LogP contribution in [0, 0.1) is 55.0 Å². The Morgan fingerprint density at radius 1 is 0.211 bits per heavy atom. The van der Waals surface area contributed by atoms with Crippen LogP contribution in [0.5, 0.6) is 0 Å². The van der Waals surface area contributed by atoms with E-state index in [4.69, 9.17) is 9.97 Å². The molecule has 9 nitrogen and oxygen atoms in total. The van der Waals surface area contributed by atoms with Gasteiger partial charge < -0.3 is 44.6 Å². The van der Waals surface area contributed by atoms with Gasteiger partial charge in [0, 0.05) is 76.1 Å². The van der Waals surface area contributed by atoms with Crippen molar-refractivity contribution in [3.63, 3.8) is 0 Å². The number of hydrogen-bond acceptors (Lipinski definition) is 9. The molecule has 0 unspecified atom stereocenters. The summed E-state index contributed by atoms with van der Waals surface area (Å²) in [5.41, 5.74) is 30.5. The van der Waals surface area contributed by atoms with Crippen LogP contribution in [-0.4, -0.2) is 29.9 Å². The number of nitrogens with zero attached hydrogens (tertiary/aromatic N) is 9. The van der Waals surface area contributed by atoms with Crippen LogP contribution in [0.1, 0.15) is 63.8 Å². The van der Waals surface area contributed by atoms with Gasteiger partial charge in [-0.3, -0.25) is 0 Å². The van der Waals surface area contributed by atoms with E-state index in [1.165, 1.54) is 54.0 Å². The number of alkyl halides is 3. The molecule has 0 aliphatic heterocycles. The summed E-state index contributed by atoms with van der Waals surface area (Å²) < 4.78 is 69.6. The topological polar surface area (TPSA) is 87.1 Å². The van der Waals surface area contributed by atoms with Gasteiger partial charge in [0.2, 0.25) is 0 Å². The minimum absolute atomic E-state index is 0. The molecule has 21 rings (SSSR count). The average molecular weight is 2460 g/mol. The Hall–Kier alpha value is -15.7. The molecule has 0 N–H and O–H groups in total. The normalized spacial score (nSPS) is 11.1. The monoisotopic (exact) mass is 2460 g/mol. The molecule has 147 heavy (non-hydrogen) atoms. The summed E-state index contributed by atoms with van der Waals surface area (Å²) in [7, 11) is 0. The Bertz CT molecular complexity index is 7730. The summed E-state index contributed by atoms with van der Waals surface area (Å²) in [6.45, 7) is 15.4. The molecule has 0 aliphatic carbocycles. The molecule has 726 valence electrons. The van der Waals surface area contributed by atoms with Crippen molar-refractivity contribution in [2.24, 2.45) is 0 Å². The smallest absolute Gasteiger partial charge is 0.345 e. The van der Waals surface area contributed by atoms with E-state index < -0.39 is 11.7 Å². The largest absolute Gasteiger partial charge is 2.00 e. The van der Waals surface area contributed by atoms with Gasteiger partial charge in [-0.2, -0.15) is 13.2 Å². The predicted octanol–water partition coefficient (Wildman–Crippen LogP) is 34.8. The minimum atomic E-state index is -4.50. The predicted molar refractivity (Wildman–Crippen MR) is 575 cm³/mol. The molecule has 15 aromatic carbocycles. The fourth-order valence-corrected chi connectivity index (χ4v) is 17.6. The molecule has 0 amide bonds. The van der Waals surface area contributed by atoms with E-state index in [2.05, 4.69) is 331 Å². The Balaban J connectivity index is 0.000000156. The molecule has 21 aromatic rings. The summed E-state index contributed by atoms with van der Waals surface area (Å²) >= 11 is 0. The van der Waals surface area contributed by atoms with Crippen molar-refractivity contribution >= 4 is 51.2 Å². The Kier molecular flexibility index (Phi) is 33.3. The summed E-state index contributed by atoms with van der Waals surface area (Å²) in [6.07, 6.45) is 5.17. The molecule has 0 saturated heterocycles. The van der Waals surface area contributed by atoms with Crippen molar-refractivity contribution in [1.29, 1.82) is 0 Å². The maximum Gasteiger partial charge on any atom is 2.00 e. The number of aromatic nitrogens is 6. The maximum absolute atomic E-state index is 14.3. The third-order valence-electron chi connectivity index (χ3n) is 24.8. The second-order valence-corrected chi connectivity index (χ2v) is 36.7. The molecule has 17 heteroatoms. The molecule has 0 atom stereocenters. The molecule has 0 aliphatic rings. The average Bonchev–Trinajstić information content (AvgIpc) is 0.761. The summed E-state index contributed by atoms with van der Waals surface area (Å²) in [4.78, 5) is 33.8. The van der Waals surface area contributed by atoms with Crippen molar-refractivity contribution < 1.29 is 85.1 Å². The Morgan fingerprint density at radius 2 is 0.408 bits per heavy atom. The van der Waals surface area contributed by atoms with Crippen molar-refractivity contribution in [3.8, 4) is 134 Å². The number of benzene rings is 15. The van der Waals surface area contributed by atoms with Gasteiger partial charge in [0.05, 0.1) is 17.1 Å². The van der Waals surface area contributed by atoms with Gasteiger partial charge in [-0.1, -0.05) is 308 Å². The number of para-hydroxylation sites is 3. The van der Waals surface area contributed by atoms with Gasteiger partial charge in [-0.05, 0) is 179 Å². The molecule has 6 heterocycles. The van der Waals surface area contributed by atoms with E-state index in [1.807, 2.05) is 177 Å². The quantitative estimate of drug-likeness (QED) is 0.0516. The minimum Gasteiger partial charge on any atom is -0.345 e.